The third kappa shape index (κ3) is 6.31. The number of nitrogens with one attached hydrogen (secondary N) is 1. The van der Waals surface area contributed by atoms with Crippen LogP contribution in [-0.2, 0) is 16.0 Å². The van der Waals surface area contributed by atoms with Gasteiger partial charge in [0.2, 0.25) is 5.91 Å². The third-order valence-electron chi connectivity index (χ3n) is 4.13. The van der Waals surface area contributed by atoms with Crippen LogP contribution in [0.5, 0.6) is 0 Å². The Bertz CT molecular complexity index is 624. The van der Waals surface area contributed by atoms with Crippen LogP contribution < -0.4 is 5.32 Å². The standard InChI is InChI=1S/C19H28N2O5/c1-19(2,3)26-18(25)20-14-7-4-13(5-8-14)6-9-17(24)21-11-10-15(22)16(23)12-21/h4-5,7-8,15-16,22-23H,6,9-12H2,1-3H3,(H,20,25)/t15-,16+/m1/s1. The van der Waals surface area contributed by atoms with Crippen molar-refractivity contribution in [3.05, 3.63) is 29.8 Å². The highest BCUT2D eigenvalue weighted by molar-refractivity contribution is 5.84. The van der Waals surface area contributed by atoms with Crippen LogP contribution in [0.3, 0.4) is 0 Å². The van der Waals surface area contributed by atoms with Crippen molar-refractivity contribution in [2.45, 2.75) is 57.8 Å². The molecule has 1 aliphatic heterocycles. The SMILES string of the molecule is CC(C)(C)OC(=O)Nc1ccc(CCC(=O)N2CC[C@@H](O)[C@@H](O)C2)cc1. The second-order valence-electron chi connectivity index (χ2n) is 7.59. The molecule has 1 fully saturated rings. The van der Waals surface area contributed by atoms with E-state index in [4.69, 9.17) is 4.74 Å². The van der Waals surface area contributed by atoms with Gasteiger partial charge in [-0.1, -0.05) is 12.1 Å². The quantitative estimate of drug-likeness (QED) is 0.758. The molecule has 0 unspecified atom stereocenters. The van der Waals surface area contributed by atoms with E-state index < -0.39 is 23.9 Å². The van der Waals surface area contributed by atoms with E-state index in [1.54, 1.807) is 37.8 Å². The van der Waals surface area contributed by atoms with Gasteiger partial charge in [-0.3, -0.25) is 10.1 Å². The lowest BCUT2D eigenvalue weighted by atomic mass is 10.0. The monoisotopic (exact) mass is 364 g/mol. The van der Waals surface area contributed by atoms with Crippen molar-refractivity contribution < 1.29 is 24.5 Å². The van der Waals surface area contributed by atoms with Gasteiger partial charge in [0.15, 0.2) is 0 Å². The van der Waals surface area contributed by atoms with Crippen molar-refractivity contribution >= 4 is 17.7 Å². The summed E-state index contributed by atoms with van der Waals surface area (Å²) in [6.45, 7) is 6.05. The Kier molecular flexibility index (Phi) is 6.61. The third-order valence-corrected chi connectivity index (χ3v) is 4.13. The highest BCUT2D eigenvalue weighted by Gasteiger charge is 2.28. The van der Waals surface area contributed by atoms with Crippen molar-refractivity contribution in [3.8, 4) is 0 Å². The minimum atomic E-state index is -0.870. The van der Waals surface area contributed by atoms with Crippen molar-refractivity contribution in [2.24, 2.45) is 0 Å². The molecule has 1 aromatic rings. The van der Waals surface area contributed by atoms with Crippen LogP contribution in [0, 0.1) is 0 Å². The first-order valence-corrected chi connectivity index (χ1v) is 8.87. The number of aryl methyl sites for hydroxylation is 1. The summed E-state index contributed by atoms with van der Waals surface area (Å²) < 4.78 is 5.20. The zero-order chi connectivity index (χ0) is 19.3. The largest absolute Gasteiger partial charge is 0.444 e. The summed E-state index contributed by atoms with van der Waals surface area (Å²) in [5.41, 5.74) is 1.05. The lowest BCUT2D eigenvalue weighted by Crippen LogP contribution is -2.49. The molecular formula is C19H28N2O5. The first kappa shape index (κ1) is 20.2. The molecule has 0 radical (unpaired) electrons. The Labute approximate surface area is 154 Å². The fraction of sp³-hybridized carbons (Fsp3) is 0.579. The summed E-state index contributed by atoms with van der Waals surface area (Å²) in [4.78, 5) is 25.6. The second-order valence-corrected chi connectivity index (χ2v) is 7.59. The van der Waals surface area contributed by atoms with E-state index in [1.807, 2.05) is 12.1 Å². The van der Waals surface area contributed by atoms with Gasteiger partial charge in [-0.05, 0) is 51.3 Å². The van der Waals surface area contributed by atoms with E-state index in [2.05, 4.69) is 5.32 Å². The molecule has 144 valence electrons. The van der Waals surface area contributed by atoms with Crippen LogP contribution in [0.15, 0.2) is 24.3 Å². The average molecular weight is 364 g/mol. The topological polar surface area (TPSA) is 99.1 Å². The first-order chi connectivity index (χ1) is 12.1. The summed E-state index contributed by atoms with van der Waals surface area (Å²) in [6.07, 6.45) is -0.818. The van der Waals surface area contributed by atoms with E-state index in [1.165, 1.54) is 0 Å². The van der Waals surface area contributed by atoms with Gasteiger partial charge in [0.05, 0.1) is 12.2 Å². The van der Waals surface area contributed by atoms with Gasteiger partial charge in [0.25, 0.3) is 0 Å². The molecule has 0 aromatic heterocycles. The molecule has 1 aromatic carbocycles. The summed E-state index contributed by atoms with van der Waals surface area (Å²) in [5.74, 6) is -0.0353. The van der Waals surface area contributed by atoms with Crippen molar-refractivity contribution in [1.82, 2.24) is 4.90 Å². The minimum absolute atomic E-state index is 0.0353. The molecule has 2 amide bonds. The van der Waals surface area contributed by atoms with Crippen LogP contribution in [0.2, 0.25) is 0 Å². The van der Waals surface area contributed by atoms with Gasteiger partial charge in [0, 0.05) is 25.2 Å². The number of amides is 2. The summed E-state index contributed by atoms with van der Waals surface area (Å²) in [5, 5.41) is 21.8. The van der Waals surface area contributed by atoms with Crippen LogP contribution >= 0.6 is 0 Å². The average Bonchev–Trinajstić information content (AvgIpc) is 2.54. The molecule has 1 saturated heterocycles. The van der Waals surface area contributed by atoms with Gasteiger partial charge in [0.1, 0.15) is 5.60 Å². The highest BCUT2D eigenvalue weighted by atomic mass is 16.6. The molecule has 0 spiro atoms. The molecule has 0 saturated carbocycles. The van der Waals surface area contributed by atoms with Gasteiger partial charge in [-0.15, -0.1) is 0 Å². The molecule has 0 bridgehead atoms. The van der Waals surface area contributed by atoms with E-state index in [9.17, 15) is 19.8 Å². The maximum Gasteiger partial charge on any atom is 0.412 e. The molecule has 7 heteroatoms. The number of carbonyl (C=O) groups is 2. The molecule has 1 aliphatic rings. The number of aliphatic hydroxyl groups is 2. The van der Waals surface area contributed by atoms with Crippen molar-refractivity contribution in [1.29, 1.82) is 0 Å². The lowest BCUT2D eigenvalue weighted by Gasteiger charge is -2.33. The van der Waals surface area contributed by atoms with E-state index >= 15 is 0 Å². The normalized spacial score (nSPS) is 20.6. The Morgan fingerprint density at radius 3 is 2.42 bits per heavy atom. The van der Waals surface area contributed by atoms with Crippen LogP contribution in [0.1, 0.15) is 39.2 Å². The lowest BCUT2D eigenvalue weighted by molar-refractivity contribution is -0.137. The number of carbonyl (C=O) groups excluding carboxylic acids is 2. The fourth-order valence-corrected chi connectivity index (χ4v) is 2.73. The highest BCUT2D eigenvalue weighted by Crippen LogP contribution is 2.16. The summed E-state index contributed by atoms with van der Waals surface area (Å²) >= 11 is 0. The van der Waals surface area contributed by atoms with E-state index in [-0.39, 0.29) is 12.5 Å². The van der Waals surface area contributed by atoms with Gasteiger partial charge in [-0.2, -0.15) is 0 Å². The zero-order valence-corrected chi connectivity index (χ0v) is 15.6. The number of piperidine rings is 1. The summed E-state index contributed by atoms with van der Waals surface area (Å²) in [7, 11) is 0. The van der Waals surface area contributed by atoms with Crippen LogP contribution in [0.25, 0.3) is 0 Å². The molecular weight excluding hydrogens is 336 g/mol. The molecule has 2 rings (SSSR count). The maximum atomic E-state index is 12.2. The predicted molar refractivity (Wildman–Crippen MR) is 97.8 cm³/mol. The smallest absolute Gasteiger partial charge is 0.412 e. The minimum Gasteiger partial charge on any atom is -0.444 e. The molecule has 1 heterocycles. The number of benzene rings is 1. The number of aliphatic hydroxyl groups excluding tert-OH is 2. The fourth-order valence-electron chi connectivity index (χ4n) is 2.73. The predicted octanol–water partition coefficient (Wildman–Crippen LogP) is 1.92. The Balaban J connectivity index is 1.80. The number of likely N-dealkylation sites (tertiary alicyclic amines) is 1. The summed E-state index contributed by atoms with van der Waals surface area (Å²) in [6, 6.07) is 7.25. The molecule has 2 atom stereocenters. The number of rotatable bonds is 4. The number of β-amino-alcohol motifs (C(OH)–C–C–N with tert-alkyl or cyclic N) is 1. The maximum absolute atomic E-state index is 12.2. The molecule has 7 nitrogen and oxygen atoms in total. The molecule has 3 N–H and O–H groups in total. The van der Waals surface area contributed by atoms with Crippen LogP contribution in [-0.4, -0.2) is 58.0 Å². The van der Waals surface area contributed by atoms with E-state index in [0.29, 0.717) is 31.5 Å². The second kappa shape index (κ2) is 8.51. The number of nitrogens with zero attached hydrogens (tertiary/aromatic N) is 1. The van der Waals surface area contributed by atoms with Gasteiger partial charge < -0.3 is 19.8 Å². The number of hydrogen-bond acceptors (Lipinski definition) is 5. The van der Waals surface area contributed by atoms with Gasteiger partial charge >= 0.3 is 6.09 Å². The Morgan fingerprint density at radius 1 is 1.19 bits per heavy atom. The number of ether oxygens (including phenoxy) is 1. The zero-order valence-electron chi connectivity index (χ0n) is 15.6. The van der Waals surface area contributed by atoms with Gasteiger partial charge in [-0.25, -0.2) is 4.79 Å². The first-order valence-electron chi connectivity index (χ1n) is 8.87. The van der Waals surface area contributed by atoms with Crippen molar-refractivity contribution in [3.63, 3.8) is 0 Å². The van der Waals surface area contributed by atoms with Crippen molar-refractivity contribution in [2.75, 3.05) is 18.4 Å². The number of hydrogen-bond donors (Lipinski definition) is 3. The van der Waals surface area contributed by atoms with Crippen LogP contribution in [0.4, 0.5) is 10.5 Å². The molecule has 0 aliphatic carbocycles. The Morgan fingerprint density at radius 2 is 1.85 bits per heavy atom. The van der Waals surface area contributed by atoms with E-state index in [0.717, 1.165) is 5.56 Å². The molecule has 26 heavy (non-hydrogen) atoms. The number of anilines is 1. The Hall–Kier alpha value is -2.12.